The summed E-state index contributed by atoms with van der Waals surface area (Å²) >= 11 is 0. The van der Waals surface area contributed by atoms with E-state index in [4.69, 9.17) is 4.74 Å². The predicted octanol–water partition coefficient (Wildman–Crippen LogP) is 3.73. The Kier molecular flexibility index (Phi) is 7.33. The van der Waals surface area contributed by atoms with E-state index in [0.717, 1.165) is 41.5 Å². The van der Waals surface area contributed by atoms with E-state index in [1.54, 1.807) is 14.0 Å². The Morgan fingerprint density at radius 2 is 1.71 bits per heavy atom. The number of hydrogen-bond acceptors (Lipinski definition) is 4. The number of aryl methyl sites for hydroxylation is 2. The molecule has 3 rings (SSSR count). The summed E-state index contributed by atoms with van der Waals surface area (Å²) in [5.74, 6) is 5.48. The predicted molar refractivity (Wildman–Crippen MR) is 120 cm³/mol. The maximum absolute atomic E-state index is 13.2. The van der Waals surface area contributed by atoms with Crippen molar-refractivity contribution in [2.45, 2.75) is 65.2 Å². The number of ketones is 2. The highest BCUT2D eigenvalue weighted by molar-refractivity contribution is 6.10. The first-order valence-corrected chi connectivity index (χ1v) is 11.2. The van der Waals surface area contributed by atoms with Gasteiger partial charge in [0.25, 0.3) is 0 Å². The van der Waals surface area contributed by atoms with Crippen LogP contribution >= 0.6 is 0 Å². The molecule has 31 heavy (non-hydrogen) atoms. The van der Waals surface area contributed by atoms with E-state index >= 15 is 0 Å². The second kappa shape index (κ2) is 9.78. The Bertz CT molecular complexity index is 885. The van der Waals surface area contributed by atoms with Crippen molar-refractivity contribution in [3.63, 3.8) is 0 Å². The summed E-state index contributed by atoms with van der Waals surface area (Å²) in [5.41, 5.74) is 3.39. The van der Waals surface area contributed by atoms with Crippen LogP contribution in [-0.4, -0.2) is 49.2 Å². The van der Waals surface area contributed by atoms with Gasteiger partial charge in [-0.2, -0.15) is 0 Å². The zero-order valence-electron chi connectivity index (χ0n) is 19.2. The summed E-state index contributed by atoms with van der Waals surface area (Å²) in [6.07, 6.45) is 3.48. The monoisotopic (exact) mass is 423 g/mol. The lowest BCUT2D eigenvalue weighted by molar-refractivity contribution is -0.140. The number of hydrogen-bond donors (Lipinski definition) is 0. The van der Waals surface area contributed by atoms with Gasteiger partial charge < -0.3 is 9.64 Å². The third kappa shape index (κ3) is 5.07. The van der Waals surface area contributed by atoms with E-state index in [9.17, 15) is 14.4 Å². The van der Waals surface area contributed by atoms with Crippen molar-refractivity contribution in [1.29, 1.82) is 0 Å². The standard InChI is InChI=1S/C26H33NO4/c1-5-7-20-14-18(2)24(19(3)15-20)25-21(28)16-26(17-22(25)29)9-11-27(12-10-26)23(30)8-6-13-31-4/h14-15,25H,6,8-13,16-17H2,1-4H3. The molecule has 0 atom stereocenters. The molecule has 0 N–H and O–H groups in total. The van der Waals surface area contributed by atoms with Gasteiger partial charge in [-0.15, -0.1) is 5.92 Å². The highest BCUT2D eigenvalue weighted by Gasteiger charge is 2.47. The first-order chi connectivity index (χ1) is 14.8. The van der Waals surface area contributed by atoms with Crippen molar-refractivity contribution in [2.75, 3.05) is 26.8 Å². The summed E-state index contributed by atoms with van der Waals surface area (Å²) in [5, 5.41) is 0. The molecule has 166 valence electrons. The molecular weight excluding hydrogens is 390 g/mol. The van der Waals surface area contributed by atoms with Gasteiger partial charge in [0, 0.05) is 51.6 Å². The Morgan fingerprint density at radius 3 is 2.23 bits per heavy atom. The summed E-state index contributed by atoms with van der Waals surface area (Å²) < 4.78 is 5.02. The highest BCUT2D eigenvalue weighted by atomic mass is 16.5. The zero-order chi connectivity index (χ0) is 22.6. The maximum atomic E-state index is 13.2. The lowest BCUT2D eigenvalue weighted by Crippen LogP contribution is -2.48. The third-order valence-corrected chi connectivity index (χ3v) is 6.81. The molecule has 5 nitrogen and oxygen atoms in total. The fourth-order valence-electron chi connectivity index (χ4n) is 5.26. The molecule has 1 aromatic carbocycles. The van der Waals surface area contributed by atoms with E-state index in [1.165, 1.54) is 0 Å². The Labute approximate surface area is 185 Å². The van der Waals surface area contributed by atoms with E-state index in [0.29, 0.717) is 39.0 Å². The van der Waals surface area contributed by atoms with E-state index in [1.807, 2.05) is 30.9 Å². The minimum atomic E-state index is -0.664. The number of carbonyl (C=O) groups excluding carboxylic acids is 3. The average molecular weight is 424 g/mol. The van der Waals surface area contributed by atoms with Crippen LogP contribution in [0.2, 0.25) is 0 Å². The molecule has 5 heteroatoms. The van der Waals surface area contributed by atoms with Crippen molar-refractivity contribution in [1.82, 2.24) is 4.90 Å². The summed E-state index contributed by atoms with van der Waals surface area (Å²) in [6, 6.07) is 3.94. The summed E-state index contributed by atoms with van der Waals surface area (Å²) in [7, 11) is 1.64. The van der Waals surface area contributed by atoms with Gasteiger partial charge in [0.1, 0.15) is 17.5 Å². The Hall–Kier alpha value is -2.45. The fraction of sp³-hybridized carbons (Fsp3) is 0.577. The molecule has 1 saturated heterocycles. The highest BCUT2D eigenvalue weighted by Crippen LogP contribution is 2.46. The Balaban J connectivity index is 1.70. The molecule has 1 spiro atoms. The molecule has 1 amide bonds. The van der Waals surface area contributed by atoms with Crippen LogP contribution < -0.4 is 0 Å². The van der Waals surface area contributed by atoms with E-state index in [2.05, 4.69) is 11.8 Å². The quantitative estimate of drug-likeness (QED) is 0.411. The molecule has 0 bridgehead atoms. The second-order valence-electron chi connectivity index (χ2n) is 9.10. The average Bonchev–Trinajstić information content (AvgIpc) is 2.70. The van der Waals surface area contributed by atoms with Crippen molar-refractivity contribution >= 4 is 17.5 Å². The number of piperidine rings is 1. The van der Waals surface area contributed by atoms with Gasteiger partial charge in [-0.3, -0.25) is 14.4 Å². The van der Waals surface area contributed by atoms with Crippen molar-refractivity contribution in [2.24, 2.45) is 5.41 Å². The molecule has 1 aliphatic carbocycles. The summed E-state index contributed by atoms with van der Waals surface area (Å²) in [6.45, 7) is 7.55. The SMILES string of the molecule is CC#Cc1cc(C)c(C2C(=O)CC3(CCN(C(=O)CCCOC)CC3)CC2=O)c(C)c1. The normalized spacial score (nSPS) is 18.8. The largest absolute Gasteiger partial charge is 0.385 e. The minimum Gasteiger partial charge on any atom is -0.385 e. The number of rotatable bonds is 5. The zero-order valence-corrected chi connectivity index (χ0v) is 19.2. The van der Waals surface area contributed by atoms with Crippen LogP contribution in [0.25, 0.3) is 0 Å². The number of amides is 1. The van der Waals surface area contributed by atoms with E-state index in [-0.39, 0.29) is 22.9 Å². The minimum absolute atomic E-state index is 0.0247. The smallest absolute Gasteiger partial charge is 0.222 e. The van der Waals surface area contributed by atoms with E-state index < -0.39 is 5.92 Å². The molecule has 0 unspecified atom stereocenters. The van der Waals surface area contributed by atoms with Crippen LogP contribution in [0.5, 0.6) is 0 Å². The van der Waals surface area contributed by atoms with Crippen LogP contribution in [0.3, 0.4) is 0 Å². The number of likely N-dealkylation sites (tertiary alicyclic amines) is 1. The van der Waals surface area contributed by atoms with Gasteiger partial charge >= 0.3 is 0 Å². The molecule has 2 fully saturated rings. The first-order valence-electron chi connectivity index (χ1n) is 11.2. The Morgan fingerprint density at radius 1 is 1.13 bits per heavy atom. The number of Topliss-reactive ketones (excluding diaryl/α,β-unsaturated/α-hetero) is 2. The lowest BCUT2D eigenvalue weighted by Gasteiger charge is -2.45. The molecule has 1 heterocycles. The van der Waals surface area contributed by atoms with Crippen LogP contribution in [0.15, 0.2) is 12.1 Å². The van der Waals surface area contributed by atoms with Crippen LogP contribution in [-0.2, 0) is 19.1 Å². The molecule has 0 aromatic heterocycles. The molecule has 1 saturated carbocycles. The molecule has 0 radical (unpaired) electrons. The van der Waals surface area contributed by atoms with Gasteiger partial charge in [0.2, 0.25) is 5.91 Å². The second-order valence-corrected chi connectivity index (χ2v) is 9.10. The van der Waals surface area contributed by atoms with Gasteiger partial charge in [-0.25, -0.2) is 0 Å². The fourth-order valence-corrected chi connectivity index (χ4v) is 5.26. The topological polar surface area (TPSA) is 63.7 Å². The lowest BCUT2D eigenvalue weighted by atomic mass is 9.62. The van der Waals surface area contributed by atoms with Gasteiger partial charge in [-0.05, 0) is 74.3 Å². The number of methoxy groups -OCH3 is 1. The summed E-state index contributed by atoms with van der Waals surface area (Å²) in [4.78, 5) is 40.7. The van der Waals surface area contributed by atoms with Gasteiger partial charge in [0.05, 0.1) is 0 Å². The van der Waals surface area contributed by atoms with Crippen molar-refractivity contribution in [3.05, 3.63) is 34.4 Å². The van der Waals surface area contributed by atoms with Gasteiger partial charge in [-0.1, -0.05) is 5.92 Å². The number of ether oxygens (including phenoxy) is 1. The number of carbonyl (C=O) groups is 3. The van der Waals surface area contributed by atoms with Crippen molar-refractivity contribution in [3.8, 4) is 11.8 Å². The number of nitrogens with zero attached hydrogens (tertiary/aromatic N) is 1. The van der Waals surface area contributed by atoms with Crippen LogP contribution in [0.4, 0.5) is 0 Å². The first kappa shape index (κ1) is 23.2. The van der Waals surface area contributed by atoms with Crippen LogP contribution in [0.1, 0.15) is 73.6 Å². The molecule has 1 aromatic rings. The van der Waals surface area contributed by atoms with Gasteiger partial charge in [0.15, 0.2) is 0 Å². The molecule has 1 aliphatic heterocycles. The van der Waals surface area contributed by atoms with Crippen molar-refractivity contribution < 1.29 is 19.1 Å². The van der Waals surface area contributed by atoms with Crippen LogP contribution in [0, 0.1) is 31.1 Å². The maximum Gasteiger partial charge on any atom is 0.222 e. The third-order valence-electron chi connectivity index (χ3n) is 6.81. The molecule has 2 aliphatic rings. The number of benzene rings is 1. The molecular formula is C26H33NO4.